The Morgan fingerprint density at radius 1 is 1.07 bits per heavy atom. The van der Waals surface area contributed by atoms with E-state index in [0.29, 0.717) is 29.6 Å². The molecule has 0 aliphatic heterocycles. The first-order chi connectivity index (χ1) is 13.2. The fourth-order valence-electron chi connectivity index (χ4n) is 2.41. The highest BCUT2D eigenvalue weighted by Crippen LogP contribution is 2.24. The number of aromatic nitrogens is 2. The number of amides is 1. The SMILES string of the molecule is CNC(=O)c1cccnc1NCc1ccc(Oc2cccc(OC)c2)nc1. The second kappa shape index (κ2) is 8.66. The van der Waals surface area contributed by atoms with E-state index in [9.17, 15) is 4.79 Å². The highest BCUT2D eigenvalue weighted by Gasteiger charge is 2.10. The van der Waals surface area contributed by atoms with Gasteiger partial charge in [-0.25, -0.2) is 9.97 Å². The molecular weight excluding hydrogens is 344 g/mol. The molecule has 0 saturated heterocycles. The number of nitrogens with one attached hydrogen (secondary N) is 2. The van der Waals surface area contributed by atoms with Gasteiger partial charge in [-0.15, -0.1) is 0 Å². The number of ether oxygens (including phenoxy) is 2. The van der Waals surface area contributed by atoms with Crippen molar-refractivity contribution < 1.29 is 14.3 Å². The second-order valence-corrected chi connectivity index (χ2v) is 5.62. The van der Waals surface area contributed by atoms with Crippen LogP contribution in [0.4, 0.5) is 5.82 Å². The predicted octanol–water partition coefficient (Wildman–Crippen LogP) is 3.25. The molecule has 1 aromatic carbocycles. The van der Waals surface area contributed by atoms with E-state index in [0.717, 1.165) is 11.3 Å². The summed E-state index contributed by atoms with van der Waals surface area (Å²) in [6.45, 7) is 0.480. The third-order valence-electron chi connectivity index (χ3n) is 3.80. The molecule has 0 unspecified atom stereocenters. The summed E-state index contributed by atoms with van der Waals surface area (Å²) in [7, 11) is 3.19. The molecule has 0 aliphatic carbocycles. The van der Waals surface area contributed by atoms with Crippen LogP contribution in [0.25, 0.3) is 0 Å². The van der Waals surface area contributed by atoms with Gasteiger partial charge in [0.15, 0.2) is 0 Å². The maximum Gasteiger partial charge on any atom is 0.254 e. The molecule has 0 aliphatic rings. The lowest BCUT2D eigenvalue weighted by Crippen LogP contribution is -2.20. The van der Waals surface area contributed by atoms with Gasteiger partial charge in [0, 0.05) is 38.1 Å². The van der Waals surface area contributed by atoms with Crippen LogP contribution in [0.2, 0.25) is 0 Å². The Kier molecular flexibility index (Phi) is 5.84. The highest BCUT2D eigenvalue weighted by molar-refractivity contribution is 5.98. The zero-order chi connectivity index (χ0) is 19.1. The molecule has 1 amide bonds. The summed E-state index contributed by atoms with van der Waals surface area (Å²) in [5.74, 6) is 2.18. The van der Waals surface area contributed by atoms with Gasteiger partial charge in [0.05, 0.1) is 12.7 Å². The van der Waals surface area contributed by atoms with E-state index in [-0.39, 0.29) is 5.91 Å². The molecule has 0 bridgehead atoms. The van der Waals surface area contributed by atoms with Gasteiger partial charge < -0.3 is 20.1 Å². The number of pyridine rings is 2. The van der Waals surface area contributed by atoms with E-state index in [1.165, 1.54) is 0 Å². The van der Waals surface area contributed by atoms with Crippen molar-refractivity contribution in [1.29, 1.82) is 0 Å². The summed E-state index contributed by atoms with van der Waals surface area (Å²) in [6, 6.07) is 14.5. The minimum atomic E-state index is -0.189. The maximum absolute atomic E-state index is 11.9. The highest BCUT2D eigenvalue weighted by atomic mass is 16.5. The topological polar surface area (TPSA) is 85.4 Å². The van der Waals surface area contributed by atoms with E-state index in [2.05, 4.69) is 20.6 Å². The Morgan fingerprint density at radius 3 is 2.67 bits per heavy atom. The zero-order valence-electron chi connectivity index (χ0n) is 15.1. The number of benzene rings is 1. The Labute approximate surface area is 157 Å². The molecule has 0 atom stereocenters. The Bertz CT molecular complexity index is 913. The van der Waals surface area contributed by atoms with Crippen LogP contribution in [0, 0.1) is 0 Å². The van der Waals surface area contributed by atoms with Crippen LogP contribution in [-0.2, 0) is 6.54 Å². The largest absolute Gasteiger partial charge is 0.497 e. The lowest BCUT2D eigenvalue weighted by molar-refractivity contribution is 0.0963. The maximum atomic E-state index is 11.9. The molecule has 0 spiro atoms. The van der Waals surface area contributed by atoms with Crippen molar-refractivity contribution in [3.8, 4) is 17.4 Å². The summed E-state index contributed by atoms with van der Waals surface area (Å²) in [5.41, 5.74) is 1.42. The molecule has 7 heteroatoms. The molecule has 138 valence electrons. The molecular formula is C20H20N4O3. The van der Waals surface area contributed by atoms with Crippen LogP contribution >= 0.6 is 0 Å². The first-order valence-electron chi connectivity index (χ1n) is 8.37. The first kappa shape index (κ1) is 18.2. The molecule has 2 N–H and O–H groups in total. The smallest absolute Gasteiger partial charge is 0.254 e. The van der Waals surface area contributed by atoms with Gasteiger partial charge in [0.25, 0.3) is 5.91 Å². The minimum absolute atomic E-state index is 0.189. The lowest BCUT2D eigenvalue weighted by atomic mass is 10.2. The van der Waals surface area contributed by atoms with Crippen LogP contribution in [-0.4, -0.2) is 30.0 Å². The fourth-order valence-corrected chi connectivity index (χ4v) is 2.41. The summed E-state index contributed by atoms with van der Waals surface area (Å²) in [6.07, 6.45) is 3.35. The van der Waals surface area contributed by atoms with Crippen molar-refractivity contribution in [2.24, 2.45) is 0 Å². The van der Waals surface area contributed by atoms with Crippen molar-refractivity contribution in [3.05, 3.63) is 72.1 Å². The lowest BCUT2D eigenvalue weighted by Gasteiger charge is -2.10. The standard InChI is InChI=1S/C20H20N4O3/c1-21-20(25)17-7-4-10-22-19(17)24-13-14-8-9-18(23-12-14)27-16-6-3-5-15(11-16)26-2/h3-12H,13H2,1-2H3,(H,21,25)(H,22,24). The molecule has 3 aromatic rings. The van der Waals surface area contributed by atoms with E-state index in [4.69, 9.17) is 9.47 Å². The monoisotopic (exact) mass is 364 g/mol. The van der Waals surface area contributed by atoms with Crippen molar-refractivity contribution in [1.82, 2.24) is 15.3 Å². The minimum Gasteiger partial charge on any atom is -0.497 e. The van der Waals surface area contributed by atoms with Gasteiger partial charge in [-0.05, 0) is 29.8 Å². The van der Waals surface area contributed by atoms with Crippen molar-refractivity contribution in [2.75, 3.05) is 19.5 Å². The summed E-state index contributed by atoms with van der Waals surface area (Å²) >= 11 is 0. The summed E-state index contributed by atoms with van der Waals surface area (Å²) in [5, 5.41) is 5.76. The van der Waals surface area contributed by atoms with Gasteiger partial charge in [-0.2, -0.15) is 0 Å². The average Bonchev–Trinajstić information content (AvgIpc) is 2.73. The van der Waals surface area contributed by atoms with Crippen LogP contribution < -0.4 is 20.1 Å². The molecule has 2 heterocycles. The number of rotatable bonds is 7. The van der Waals surface area contributed by atoms with E-state index in [1.54, 1.807) is 50.8 Å². The van der Waals surface area contributed by atoms with Crippen LogP contribution in [0.15, 0.2) is 60.9 Å². The summed E-state index contributed by atoms with van der Waals surface area (Å²) in [4.78, 5) is 20.4. The number of carbonyl (C=O) groups excluding carboxylic acids is 1. The average molecular weight is 364 g/mol. The van der Waals surface area contributed by atoms with Gasteiger partial charge in [-0.3, -0.25) is 4.79 Å². The quantitative estimate of drug-likeness (QED) is 0.669. The second-order valence-electron chi connectivity index (χ2n) is 5.62. The van der Waals surface area contributed by atoms with Crippen molar-refractivity contribution in [2.45, 2.75) is 6.54 Å². The van der Waals surface area contributed by atoms with Crippen LogP contribution in [0.3, 0.4) is 0 Å². The number of hydrogen-bond acceptors (Lipinski definition) is 6. The predicted molar refractivity (Wildman–Crippen MR) is 102 cm³/mol. The van der Waals surface area contributed by atoms with E-state index >= 15 is 0 Å². The fraction of sp³-hybridized carbons (Fsp3) is 0.150. The van der Waals surface area contributed by atoms with Gasteiger partial charge >= 0.3 is 0 Å². The van der Waals surface area contributed by atoms with Crippen LogP contribution in [0.5, 0.6) is 17.4 Å². The first-order valence-corrected chi connectivity index (χ1v) is 8.37. The van der Waals surface area contributed by atoms with Crippen molar-refractivity contribution in [3.63, 3.8) is 0 Å². The van der Waals surface area contributed by atoms with Gasteiger partial charge in [-0.1, -0.05) is 12.1 Å². The number of anilines is 1. The van der Waals surface area contributed by atoms with E-state index < -0.39 is 0 Å². The van der Waals surface area contributed by atoms with E-state index in [1.807, 2.05) is 24.3 Å². The molecule has 27 heavy (non-hydrogen) atoms. The number of nitrogens with zero attached hydrogens (tertiary/aromatic N) is 2. The number of carbonyl (C=O) groups is 1. The third kappa shape index (κ3) is 4.72. The Hall–Kier alpha value is -3.61. The van der Waals surface area contributed by atoms with Crippen LogP contribution in [0.1, 0.15) is 15.9 Å². The van der Waals surface area contributed by atoms with Gasteiger partial charge in [0.1, 0.15) is 17.3 Å². The Balaban J connectivity index is 1.64. The molecule has 0 radical (unpaired) electrons. The number of methoxy groups -OCH3 is 1. The van der Waals surface area contributed by atoms with Gasteiger partial charge in [0.2, 0.25) is 5.88 Å². The number of hydrogen-bond donors (Lipinski definition) is 2. The molecule has 7 nitrogen and oxygen atoms in total. The normalized spacial score (nSPS) is 10.1. The molecule has 3 rings (SSSR count). The molecule has 2 aromatic heterocycles. The molecule has 0 saturated carbocycles. The molecule has 0 fully saturated rings. The summed E-state index contributed by atoms with van der Waals surface area (Å²) < 4.78 is 10.9. The van der Waals surface area contributed by atoms with Crippen molar-refractivity contribution >= 4 is 11.7 Å². The third-order valence-corrected chi connectivity index (χ3v) is 3.80. The zero-order valence-corrected chi connectivity index (χ0v) is 15.1. The Morgan fingerprint density at radius 2 is 1.93 bits per heavy atom.